The summed E-state index contributed by atoms with van der Waals surface area (Å²) in [4.78, 5) is 4.32. The van der Waals surface area contributed by atoms with E-state index >= 15 is 0 Å². The number of halogens is 1. The molecule has 1 aromatic carbocycles. The summed E-state index contributed by atoms with van der Waals surface area (Å²) in [5.41, 5.74) is 7.09. The number of nitrogens with one attached hydrogen (secondary N) is 1. The summed E-state index contributed by atoms with van der Waals surface area (Å²) in [5, 5.41) is 7.21. The van der Waals surface area contributed by atoms with Gasteiger partial charge in [0.2, 0.25) is 0 Å². The molecule has 0 saturated carbocycles. The first-order valence-corrected chi connectivity index (χ1v) is 5.41. The van der Waals surface area contributed by atoms with E-state index in [4.69, 9.17) is 5.73 Å². The fraction of sp³-hybridized carbons (Fsp3) is 0. The van der Waals surface area contributed by atoms with Gasteiger partial charge in [-0.25, -0.2) is 9.37 Å². The highest BCUT2D eigenvalue weighted by molar-refractivity contribution is 7.21. The van der Waals surface area contributed by atoms with Gasteiger partial charge in [0.05, 0.1) is 22.0 Å². The number of H-pyrrole nitrogens is 1. The van der Waals surface area contributed by atoms with Crippen molar-refractivity contribution >= 4 is 27.4 Å². The lowest BCUT2D eigenvalue weighted by Gasteiger charge is -1.89. The predicted octanol–water partition coefficient (Wildman–Crippen LogP) is 2.41. The van der Waals surface area contributed by atoms with Crippen LogP contribution in [0.25, 0.3) is 20.8 Å². The van der Waals surface area contributed by atoms with Gasteiger partial charge in [0.25, 0.3) is 0 Å². The zero-order valence-electron chi connectivity index (χ0n) is 8.07. The van der Waals surface area contributed by atoms with E-state index in [0.29, 0.717) is 11.3 Å². The molecule has 0 fully saturated rings. The number of rotatable bonds is 1. The highest BCUT2D eigenvalue weighted by Gasteiger charge is 2.10. The third-order valence-corrected chi connectivity index (χ3v) is 3.32. The first kappa shape index (κ1) is 9.29. The van der Waals surface area contributed by atoms with Crippen LogP contribution in [0.1, 0.15) is 0 Å². The van der Waals surface area contributed by atoms with Gasteiger partial charge in [-0.1, -0.05) is 0 Å². The third kappa shape index (κ3) is 1.35. The first-order valence-electron chi connectivity index (χ1n) is 4.59. The molecule has 0 aliphatic heterocycles. The predicted molar refractivity (Wildman–Crippen MR) is 61.6 cm³/mol. The van der Waals surface area contributed by atoms with Crippen LogP contribution < -0.4 is 5.73 Å². The molecule has 2 heterocycles. The van der Waals surface area contributed by atoms with Gasteiger partial charge < -0.3 is 5.73 Å². The Morgan fingerprint density at radius 2 is 2.25 bits per heavy atom. The Morgan fingerprint density at radius 3 is 3.00 bits per heavy atom. The number of benzene rings is 1. The lowest BCUT2D eigenvalue weighted by molar-refractivity contribution is 0.629. The topological polar surface area (TPSA) is 67.6 Å². The minimum atomic E-state index is -0.287. The zero-order chi connectivity index (χ0) is 11.1. The second kappa shape index (κ2) is 3.28. The lowest BCUT2D eigenvalue weighted by atomic mass is 10.3. The number of hydrogen-bond acceptors (Lipinski definition) is 4. The number of aromatic amines is 1. The van der Waals surface area contributed by atoms with E-state index in [1.165, 1.54) is 23.5 Å². The molecule has 80 valence electrons. The standard InChI is InChI=1S/C10H7FN4S/c11-5-1-2-8-7(3-5)14-10(16-8)6-4-13-15-9(6)12/h1-4H,(H3,12,13,15). The van der Waals surface area contributed by atoms with Crippen molar-refractivity contribution in [1.29, 1.82) is 0 Å². The fourth-order valence-corrected chi connectivity index (χ4v) is 2.45. The van der Waals surface area contributed by atoms with Crippen molar-refractivity contribution in [3.05, 3.63) is 30.2 Å². The molecule has 2 aromatic heterocycles. The lowest BCUT2D eigenvalue weighted by Crippen LogP contribution is -1.86. The van der Waals surface area contributed by atoms with Crippen LogP contribution in [0.5, 0.6) is 0 Å². The fourth-order valence-electron chi connectivity index (χ4n) is 1.48. The molecule has 0 unspecified atom stereocenters. The summed E-state index contributed by atoms with van der Waals surface area (Å²) in [7, 11) is 0. The molecular formula is C10H7FN4S. The minimum absolute atomic E-state index is 0.287. The summed E-state index contributed by atoms with van der Waals surface area (Å²) in [6.07, 6.45) is 1.61. The molecule has 3 N–H and O–H groups in total. The first-order chi connectivity index (χ1) is 7.74. The monoisotopic (exact) mass is 234 g/mol. The Kier molecular flexibility index (Phi) is 1.90. The van der Waals surface area contributed by atoms with Gasteiger partial charge in [0.15, 0.2) is 0 Å². The highest BCUT2D eigenvalue weighted by atomic mass is 32.1. The van der Waals surface area contributed by atoms with Gasteiger partial charge in [0, 0.05) is 6.07 Å². The van der Waals surface area contributed by atoms with Crippen molar-refractivity contribution in [2.24, 2.45) is 0 Å². The van der Waals surface area contributed by atoms with E-state index in [1.54, 1.807) is 12.3 Å². The van der Waals surface area contributed by atoms with Gasteiger partial charge in [-0.3, -0.25) is 5.10 Å². The normalized spacial score (nSPS) is 11.1. The van der Waals surface area contributed by atoms with Gasteiger partial charge in [-0.15, -0.1) is 11.3 Å². The van der Waals surface area contributed by atoms with Gasteiger partial charge in [-0.05, 0) is 12.1 Å². The molecule has 0 aliphatic carbocycles. The Balaban J connectivity index is 2.23. The van der Waals surface area contributed by atoms with Gasteiger partial charge in [-0.2, -0.15) is 5.10 Å². The molecule has 16 heavy (non-hydrogen) atoms. The number of thiazole rings is 1. The quantitative estimate of drug-likeness (QED) is 0.679. The van der Waals surface area contributed by atoms with Crippen molar-refractivity contribution in [2.75, 3.05) is 5.73 Å². The molecule has 4 nitrogen and oxygen atoms in total. The van der Waals surface area contributed by atoms with Crippen molar-refractivity contribution in [1.82, 2.24) is 15.2 Å². The van der Waals surface area contributed by atoms with Gasteiger partial charge >= 0.3 is 0 Å². The molecule has 3 aromatic rings. The summed E-state index contributed by atoms with van der Waals surface area (Å²) in [6, 6.07) is 4.54. The van der Waals surface area contributed by atoms with Crippen LogP contribution in [0, 0.1) is 5.82 Å². The molecule has 0 radical (unpaired) electrons. The SMILES string of the molecule is Nc1[nH]ncc1-c1nc2cc(F)ccc2s1. The summed E-state index contributed by atoms with van der Waals surface area (Å²) >= 11 is 1.46. The van der Waals surface area contributed by atoms with E-state index < -0.39 is 0 Å². The van der Waals surface area contributed by atoms with Crippen molar-refractivity contribution in [2.45, 2.75) is 0 Å². The second-order valence-electron chi connectivity index (χ2n) is 3.33. The van der Waals surface area contributed by atoms with Crippen LogP contribution >= 0.6 is 11.3 Å². The number of fused-ring (bicyclic) bond motifs is 1. The number of anilines is 1. The third-order valence-electron chi connectivity index (χ3n) is 2.25. The second-order valence-corrected chi connectivity index (χ2v) is 4.36. The molecule has 0 aliphatic rings. The maximum atomic E-state index is 13.0. The molecule has 0 amide bonds. The van der Waals surface area contributed by atoms with E-state index in [0.717, 1.165) is 15.3 Å². The Labute approximate surface area is 93.9 Å². The smallest absolute Gasteiger partial charge is 0.129 e. The van der Waals surface area contributed by atoms with Crippen LogP contribution in [-0.2, 0) is 0 Å². The summed E-state index contributed by atoms with van der Waals surface area (Å²) < 4.78 is 13.9. The Bertz CT molecular complexity index is 658. The van der Waals surface area contributed by atoms with E-state index in [1.807, 2.05) is 0 Å². The summed E-state index contributed by atoms with van der Waals surface area (Å²) in [6.45, 7) is 0. The highest BCUT2D eigenvalue weighted by Crippen LogP contribution is 2.32. The molecule has 0 saturated heterocycles. The molecule has 0 atom stereocenters. The number of nitrogens with two attached hydrogens (primary N) is 1. The average Bonchev–Trinajstić information content (AvgIpc) is 2.82. The van der Waals surface area contributed by atoms with E-state index in [-0.39, 0.29) is 5.82 Å². The number of hydrogen-bond donors (Lipinski definition) is 2. The molecule has 3 rings (SSSR count). The van der Waals surface area contributed by atoms with Crippen LogP contribution in [0.4, 0.5) is 10.2 Å². The van der Waals surface area contributed by atoms with Crippen LogP contribution in [0.15, 0.2) is 24.4 Å². The van der Waals surface area contributed by atoms with Crippen LogP contribution in [-0.4, -0.2) is 15.2 Å². The van der Waals surface area contributed by atoms with Crippen molar-refractivity contribution in [3.8, 4) is 10.6 Å². The Hall–Kier alpha value is -1.95. The maximum Gasteiger partial charge on any atom is 0.129 e. The van der Waals surface area contributed by atoms with Crippen LogP contribution in [0.2, 0.25) is 0 Å². The average molecular weight is 234 g/mol. The largest absolute Gasteiger partial charge is 0.383 e. The van der Waals surface area contributed by atoms with E-state index in [9.17, 15) is 4.39 Å². The maximum absolute atomic E-state index is 13.0. The van der Waals surface area contributed by atoms with Crippen molar-refractivity contribution < 1.29 is 4.39 Å². The zero-order valence-corrected chi connectivity index (χ0v) is 8.88. The number of nitrogen functional groups attached to an aromatic ring is 1. The van der Waals surface area contributed by atoms with Crippen LogP contribution in [0.3, 0.4) is 0 Å². The molecule has 0 bridgehead atoms. The molecule has 0 spiro atoms. The molecule has 6 heteroatoms. The van der Waals surface area contributed by atoms with E-state index in [2.05, 4.69) is 15.2 Å². The van der Waals surface area contributed by atoms with Gasteiger partial charge in [0.1, 0.15) is 16.6 Å². The molecular weight excluding hydrogens is 227 g/mol. The minimum Gasteiger partial charge on any atom is -0.383 e. The Morgan fingerprint density at radius 1 is 1.38 bits per heavy atom. The van der Waals surface area contributed by atoms with Crippen molar-refractivity contribution in [3.63, 3.8) is 0 Å². The number of nitrogens with zero attached hydrogens (tertiary/aromatic N) is 2. The number of aromatic nitrogens is 3. The summed E-state index contributed by atoms with van der Waals surface area (Å²) in [5.74, 6) is 0.184.